The lowest BCUT2D eigenvalue weighted by Gasteiger charge is -2.09. The van der Waals surface area contributed by atoms with Crippen LogP contribution in [0.4, 0.5) is 11.4 Å². The summed E-state index contributed by atoms with van der Waals surface area (Å²) in [6.45, 7) is 0. The number of benzene rings is 4. The van der Waals surface area contributed by atoms with Crippen molar-refractivity contribution in [2.75, 3.05) is 12.4 Å². The number of nitrogens with zero attached hydrogens (tertiary/aromatic N) is 1. The molecule has 0 aromatic heterocycles. The summed E-state index contributed by atoms with van der Waals surface area (Å²) >= 11 is 0. The Morgan fingerprint density at radius 3 is 2.12 bits per heavy atom. The number of nitrogens with one attached hydrogen (secondary N) is 1. The molecule has 0 spiro atoms. The van der Waals surface area contributed by atoms with Gasteiger partial charge in [0.25, 0.3) is 5.91 Å². The quantitative estimate of drug-likeness (QED) is 0.307. The van der Waals surface area contributed by atoms with Crippen molar-refractivity contribution in [3.05, 3.63) is 125 Å². The molecule has 0 aliphatic carbocycles. The van der Waals surface area contributed by atoms with Crippen molar-refractivity contribution in [1.82, 2.24) is 0 Å². The van der Waals surface area contributed by atoms with Crippen LogP contribution in [0.2, 0.25) is 0 Å². The van der Waals surface area contributed by atoms with Crippen LogP contribution in [0.1, 0.15) is 27.0 Å². The third-order valence-corrected chi connectivity index (χ3v) is 4.86. The zero-order chi connectivity index (χ0) is 22.9. The van der Waals surface area contributed by atoms with Crippen LogP contribution in [-0.2, 0) is 0 Å². The Labute approximate surface area is 193 Å². The molecule has 0 bridgehead atoms. The van der Waals surface area contributed by atoms with E-state index in [0.29, 0.717) is 22.7 Å². The van der Waals surface area contributed by atoms with Crippen molar-refractivity contribution in [3.8, 4) is 17.6 Å². The van der Waals surface area contributed by atoms with E-state index in [0.717, 1.165) is 16.7 Å². The molecule has 4 heteroatoms. The summed E-state index contributed by atoms with van der Waals surface area (Å²) in [6.07, 6.45) is 1.76. The van der Waals surface area contributed by atoms with Crippen LogP contribution in [0.25, 0.3) is 0 Å². The van der Waals surface area contributed by atoms with Gasteiger partial charge in [-0.05, 0) is 60.2 Å². The maximum absolute atomic E-state index is 12.4. The molecule has 0 aliphatic rings. The van der Waals surface area contributed by atoms with E-state index in [1.807, 2.05) is 72.8 Å². The molecule has 0 saturated heterocycles. The fourth-order valence-corrected chi connectivity index (χ4v) is 3.12. The first-order valence-electron chi connectivity index (χ1n) is 10.5. The van der Waals surface area contributed by atoms with Gasteiger partial charge in [0.2, 0.25) is 0 Å². The van der Waals surface area contributed by atoms with Crippen molar-refractivity contribution in [2.45, 2.75) is 0 Å². The van der Waals surface area contributed by atoms with Gasteiger partial charge in [-0.2, -0.15) is 0 Å². The Kier molecular flexibility index (Phi) is 6.95. The van der Waals surface area contributed by atoms with Gasteiger partial charge >= 0.3 is 0 Å². The van der Waals surface area contributed by atoms with Crippen LogP contribution in [0, 0.1) is 11.8 Å². The second-order valence-corrected chi connectivity index (χ2v) is 7.20. The highest BCUT2D eigenvalue weighted by molar-refractivity contribution is 6.04. The Morgan fingerprint density at radius 1 is 0.818 bits per heavy atom. The number of amides is 1. The van der Waals surface area contributed by atoms with Crippen molar-refractivity contribution in [3.63, 3.8) is 0 Å². The number of hydrogen-bond acceptors (Lipinski definition) is 3. The number of aliphatic imine (C=N–C) groups is 1. The molecule has 160 valence electrons. The van der Waals surface area contributed by atoms with Crippen LogP contribution in [-0.4, -0.2) is 19.2 Å². The first kappa shape index (κ1) is 21.6. The highest BCUT2D eigenvalue weighted by Crippen LogP contribution is 2.30. The number of methoxy groups -OCH3 is 1. The van der Waals surface area contributed by atoms with Gasteiger partial charge in [-0.15, -0.1) is 0 Å². The minimum atomic E-state index is -0.178. The van der Waals surface area contributed by atoms with Crippen molar-refractivity contribution < 1.29 is 9.53 Å². The summed E-state index contributed by atoms with van der Waals surface area (Å²) in [5.74, 6) is 6.76. The van der Waals surface area contributed by atoms with Gasteiger partial charge < -0.3 is 10.1 Å². The topological polar surface area (TPSA) is 50.7 Å². The summed E-state index contributed by atoms with van der Waals surface area (Å²) in [5.41, 5.74) is 4.70. The third kappa shape index (κ3) is 5.96. The monoisotopic (exact) mass is 430 g/mol. The summed E-state index contributed by atoms with van der Waals surface area (Å²) < 4.78 is 5.43. The maximum atomic E-state index is 12.4. The van der Waals surface area contributed by atoms with Gasteiger partial charge in [0, 0.05) is 28.6 Å². The molecule has 0 unspecified atom stereocenters. The van der Waals surface area contributed by atoms with E-state index in [1.54, 1.807) is 43.7 Å². The molecule has 33 heavy (non-hydrogen) atoms. The molecule has 4 aromatic carbocycles. The molecule has 0 radical (unpaired) electrons. The summed E-state index contributed by atoms with van der Waals surface area (Å²) in [6, 6.07) is 32.2. The highest BCUT2D eigenvalue weighted by atomic mass is 16.5. The van der Waals surface area contributed by atoms with Crippen LogP contribution in [0.3, 0.4) is 0 Å². The number of carbonyl (C=O) groups excluding carboxylic acids is 1. The van der Waals surface area contributed by atoms with Gasteiger partial charge in [0.1, 0.15) is 11.4 Å². The summed E-state index contributed by atoms with van der Waals surface area (Å²) in [5, 5.41) is 2.90. The minimum Gasteiger partial charge on any atom is -0.494 e. The molecule has 1 N–H and O–H groups in total. The lowest BCUT2D eigenvalue weighted by molar-refractivity contribution is 0.102. The Morgan fingerprint density at radius 2 is 1.45 bits per heavy atom. The lowest BCUT2D eigenvalue weighted by Crippen LogP contribution is -2.11. The third-order valence-electron chi connectivity index (χ3n) is 4.86. The number of carbonyl (C=O) groups is 1. The zero-order valence-corrected chi connectivity index (χ0v) is 18.2. The highest BCUT2D eigenvalue weighted by Gasteiger charge is 2.08. The smallest absolute Gasteiger partial charge is 0.255 e. The van der Waals surface area contributed by atoms with Gasteiger partial charge in [-0.1, -0.05) is 60.4 Å². The predicted molar refractivity (Wildman–Crippen MR) is 134 cm³/mol. The largest absolute Gasteiger partial charge is 0.494 e. The predicted octanol–water partition coefficient (Wildman–Crippen LogP) is 6.10. The average Bonchev–Trinajstić information content (AvgIpc) is 2.88. The van der Waals surface area contributed by atoms with Crippen LogP contribution >= 0.6 is 0 Å². The molecule has 1 amide bonds. The molecule has 0 heterocycles. The maximum Gasteiger partial charge on any atom is 0.255 e. The van der Waals surface area contributed by atoms with Gasteiger partial charge in [0.05, 0.1) is 7.11 Å². The first-order valence-corrected chi connectivity index (χ1v) is 10.5. The van der Waals surface area contributed by atoms with Gasteiger partial charge in [0.15, 0.2) is 0 Å². The lowest BCUT2D eigenvalue weighted by atomic mass is 10.1. The number of rotatable bonds is 5. The Balaban J connectivity index is 1.48. The molecule has 0 saturated carbocycles. The van der Waals surface area contributed by atoms with E-state index in [-0.39, 0.29) is 5.91 Å². The van der Waals surface area contributed by atoms with Crippen molar-refractivity contribution in [1.29, 1.82) is 0 Å². The van der Waals surface area contributed by atoms with Gasteiger partial charge in [-0.25, -0.2) is 0 Å². The van der Waals surface area contributed by atoms with E-state index in [4.69, 9.17) is 4.74 Å². The summed E-state index contributed by atoms with van der Waals surface area (Å²) in [7, 11) is 1.59. The first-order chi connectivity index (χ1) is 16.2. The standard InChI is InChI=1S/C29H22N2O2/c1-33-28-19-18-26(31-29(32)25-10-6-3-7-11-25)20-27(28)30-21-24-16-14-23(15-17-24)13-12-22-8-4-2-5-9-22/h2-11,14-21H,1H3,(H,31,32). The molecule has 0 aliphatic heterocycles. The Bertz CT molecular complexity index is 1320. The van der Waals surface area contributed by atoms with E-state index in [9.17, 15) is 4.79 Å². The number of hydrogen-bond donors (Lipinski definition) is 1. The van der Waals surface area contributed by atoms with Crippen LogP contribution in [0.5, 0.6) is 5.75 Å². The molecule has 0 fully saturated rings. The molecular formula is C29H22N2O2. The normalized spacial score (nSPS) is 10.3. The van der Waals surface area contributed by atoms with Crippen LogP contribution in [0.15, 0.2) is 108 Å². The number of ether oxygens (including phenoxy) is 1. The van der Waals surface area contributed by atoms with E-state index >= 15 is 0 Å². The molecule has 4 rings (SSSR count). The number of anilines is 1. The Hall–Kier alpha value is -4.62. The fourth-order valence-electron chi connectivity index (χ4n) is 3.12. The SMILES string of the molecule is COc1ccc(NC(=O)c2ccccc2)cc1N=Cc1ccc(C#Cc2ccccc2)cc1. The second kappa shape index (κ2) is 10.6. The summed E-state index contributed by atoms with van der Waals surface area (Å²) in [4.78, 5) is 17.0. The van der Waals surface area contributed by atoms with Crippen LogP contribution < -0.4 is 10.1 Å². The van der Waals surface area contributed by atoms with E-state index in [2.05, 4.69) is 22.2 Å². The van der Waals surface area contributed by atoms with E-state index < -0.39 is 0 Å². The molecular weight excluding hydrogens is 408 g/mol. The van der Waals surface area contributed by atoms with Crippen molar-refractivity contribution >= 4 is 23.5 Å². The van der Waals surface area contributed by atoms with Gasteiger partial charge in [-0.3, -0.25) is 9.79 Å². The zero-order valence-electron chi connectivity index (χ0n) is 18.2. The fraction of sp³-hybridized carbons (Fsp3) is 0.0345. The van der Waals surface area contributed by atoms with Crippen molar-refractivity contribution in [2.24, 2.45) is 4.99 Å². The van der Waals surface area contributed by atoms with E-state index in [1.165, 1.54) is 0 Å². The minimum absolute atomic E-state index is 0.178. The second-order valence-electron chi connectivity index (χ2n) is 7.20. The molecule has 4 nitrogen and oxygen atoms in total. The molecule has 4 aromatic rings. The average molecular weight is 431 g/mol. The molecule has 0 atom stereocenters.